The maximum atomic E-state index is 9.50. The molecule has 1 fully saturated rings. The van der Waals surface area contributed by atoms with Crippen molar-refractivity contribution in [3.63, 3.8) is 0 Å². The molecule has 4 heteroatoms. The normalized spacial score (nSPS) is 40.2. The van der Waals surface area contributed by atoms with Crippen LogP contribution in [-0.4, -0.2) is 41.9 Å². The van der Waals surface area contributed by atoms with Crippen LogP contribution in [0.2, 0.25) is 0 Å². The third-order valence-electron chi connectivity index (χ3n) is 2.11. The Hall–Kier alpha value is -0.420. The number of hydrogen-bond acceptors (Lipinski definition) is 4. The van der Waals surface area contributed by atoms with Gasteiger partial charge in [-0.05, 0) is 0 Å². The molecule has 4 atom stereocenters. The number of aliphatic hydroxyl groups is 2. The van der Waals surface area contributed by atoms with Gasteiger partial charge in [-0.3, -0.25) is 0 Å². The Labute approximate surface area is 77.8 Å². The molecule has 0 unspecified atom stereocenters. The van der Waals surface area contributed by atoms with E-state index in [4.69, 9.17) is 9.47 Å². The van der Waals surface area contributed by atoms with E-state index in [1.54, 1.807) is 6.08 Å². The van der Waals surface area contributed by atoms with Crippen LogP contribution in [0, 0.1) is 5.92 Å². The highest BCUT2D eigenvalue weighted by Crippen LogP contribution is 2.20. The fraction of sp³-hybridized carbons (Fsp3) is 0.778. The van der Waals surface area contributed by atoms with Crippen molar-refractivity contribution in [3.05, 3.63) is 12.7 Å². The standard InChI is InChI=1S/C9H16O4/c1-3-4-12-9-8(11)7(10)6(2)5-13-9/h3,6-11H,1,4-5H2,2H3/t6-,7-,8-,9-/m0/s1. The molecule has 0 spiro atoms. The first-order chi connectivity index (χ1) is 6.16. The number of rotatable bonds is 3. The van der Waals surface area contributed by atoms with Crippen LogP contribution >= 0.6 is 0 Å². The molecule has 1 heterocycles. The Kier molecular flexibility index (Phi) is 3.87. The van der Waals surface area contributed by atoms with E-state index in [9.17, 15) is 10.2 Å². The van der Waals surface area contributed by atoms with Crippen LogP contribution in [0.15, 0.2) is 12.7 Å². The molecule has 0 aromatic carbocycles. The average molecular weight is 188 g/mol. The van der Waals surface area contributed by atoms with Gasteiger partial charge in [0.05, 0.1) is 19.3 Å². The van der Waals surface area contributed by atoms with Crippen LogP contribution < -0.4 is 0 Å². The van der Waals surface area contributed by atoms with Gasteiger partial charge in [-0.15, -0.1) is 6.58 Å². The van der Waals surface area contributed by atoms with E-state index in [0.717, 1.165) is 0 Å². The molecule has 1 rings (SSSR count). The zero-order chi connectivity index (χ0) is 9.84. The molecule has 1 aliphatic rings. The fourth-order valence-corrected chi connectivity index (χ4v) is 1.25. The molecule has 1 saturated heterocycles. The van der Waals surface area contributed by atoms with Crippen molar-refractivity contribution < 1.29 is 19.7 Å². The second kappa shape index (κ2) is 4.72. The largest absolute Gasteiger partial charge is 0.390 e. The van der Waals surface area contributed by atoms with Crippen LogP contribution in [0.1, 0.15) is 6.92 Å². The lowest BCUT2D eigenvalue weighted by Crippen LogP contribution is -2.50. The van der Waals surface area contributed by atoms with Gasteiger partial charge in [0, 0.05) is 5.92 Å². The first-order valence-electron chi connectivity index (χ1n) is 4.37. The number of ether oxygens (including phenoxy) is 2. The van der Waals surface area contributed by atoms with Gasteiger partial charge in [0.2, 0.25) is 0 Å². The second-order valence-electron chi connectivity index (χ2n) is 3.28. The SMILES string of the molecule is C=CCO[C@H]1OC[C@H](C)[C@H](O)[C@@H]1O. The van der Waals surface area contributed by atoms with Gasteiger partial charge in [0.25, 0.3) is 0 Å². The van der Waals surface area contributed by atoms with E-state index in [2.05, 4.69) is 6.58 Å². The van der Waals surface area contributed by atoms with Gasteiger partial charge in [-0.1, -0.05) is 13.0 Å². The van der Waals surface area contributed by atoms with Crippen molar-refractivity contribution in [2.45, 2.75) is 25.4 Å². The molecule has 13 heavy (non-hydrogen) atoms. The lowest BCUT2D eigenvalue weighted by Gasteiger charge is -2.35. The van der Waals surface area contributed by atoms with Gasteiger partial charge in [-0.25, -0.2) is 0 Å². The smallest absolute Gasteiger partial charge is 0.186 e. The second-order valence-corrected chi connectivity index (χ2v) is 3.28. The molecule has 4 nitrogen and oxygen atoms in total. The van der Waals surface area contributed by atoms with Crippen molar-refractivity contribution in [1.29, 1.82) is 0 Å². The summed E-state index contributed by atoms with van der Waals surface area (Å²) in [6, 6.07) is 0. The van der Waals surface area contributed by atoms with Crippen molar-refractivity contribution in [1.82, 2.24) is 0 Å². The van der Waals surface area contributed by atoms with Crippen LogP contribution in [0.3, 0.4) is 0 Å². The molecule has 2 N–H and O–H groups in total. The molecule has 0 aliphatic carbocycles. The summed E-state index contributed by atoms with van der Waals surface area (Å²) in [5.41, 5.74) is 0. The fourth-order valence-electron chi connectivity index (χ4n) is 1.25. The Morgan fingerprint density at radius 1 is 1.54 bits per heavy atom. The average Bonchev–Trinajstić information content (AvgIpc) is 2.13. The highest BCUT2D eigenvalue weighted by atomic mass is 16.7. The monoisotopic (exact) mass is 188 g/mol. The molecule has 0 aromatic heterocycles. The molecule has 76 valence electrons. The minimum atomic E-state index is -0.969. The van der Waals surface area contributed by atoms with E-state index in [0.29, 0.717) is 13.2 Å². The molecular weight excluding hydrogens is 172 g/mol. The summed E-state index contributed by atoms with van der Waals surface area (Å²) in [5, 5.41) is 19.0. The Morgan fingerprint density at radius 3 is 2.85 bits per heavy atom. The Balaban J connectivity index is 2.43. The highest BCUT2D eigenvalue weighted by Gasteiger charge is 2.36. The summed E-state index contributed by atoms with van der Waals surface area (Å²) in [6.07, 6.45) is -0.906. The van der Waals surface area contributed by atoms with Crippen molar-refractivity contribution in [2.75, 3.05) is 13.2 Å². The van der Waals surface area contributed by atoms with Crippen LogP contribution in [0.25, 0.3) is 0 Å². The van der Waals surface area contributed by atoms with Crippen LogP contribution in [-0.2, 0) is 9.47 Å². The summed E-state index contributed by atoms with van der Waals surface area (Å²) < 4.78 is 10.3. The van der Waals surface area contributed by atoms with E-state index in [1.165, 1.54) is 0 Å². The zero-order valence-electron chi connectivity index (χ0n) is 7.72. The number of hydrogen-bond donors (Lipinski definition) is 2. The van der Waals surface area contributed by atoms with Gasteiger partial charge >= 0.3 is 0 Å². The Bertz CT molecular complexity index is 171. The van der Waals surface area contributed by atoms with Gasteiger partial charge in [-0.2, -0.15) is 0 Å². The summed E-state index contributed by atoms with van der Waals surface area (Å²) in [6.45, 7) is 6.01. The first-order valence-corrected chi connectivity index (χ1v) is 4.37. The molecule has 0 amide bonds. The minimum Gasteiger partial charge on any atom is -0.390 e. The predicted molar refractivity (Wildman–Crippen MR) is 47.1 cm³/mol. The molecule has 0 radical (unpaired) electrons. The topological polar surface area (TPSA) is 58.9 Å². The highest BCUT2D eigenvalue weighted by molar-refractivity contribution is 4.81. The van der Waals surface area contributed by atoms with Crippen LogP contribution in [0.4, 0.5) is 0 Å². The van der Waals surface area contributed by atoms with Gasteiger partial charge in [0.1, 0.15) is 6.10 Å². The summed E-state index contributed by atoms with van der Waals surface area (Å²) in [5.74, 6) is -0.0569. The minimum absolute atomic E-state index is 0.0569. The van der Waals surface area contributed by atoms with E-state index in [1.807, 2.05) is 6.92 Å². The summed E-state index contributed by atoms with van der Waals surface area (Å²) in [7, 11) is 0. The summed E-state index contributed by atoms with van der Waals surface area (Å²) >= 11 is 0. The van der Waals surface area contributed by atoms with E-state index in [-0.39, 0.29) is 5.92 Å². The lowest BCUT2D eigenvalue weighted by molar-refractivity contribution is -0.253. The molecular formula is C9H16O4. The molecule has 0 bridgehead atoms. The number of aliphatic hydroxyl groups excluding tert-OH is 2. The molecule has 0 aromatic rings. The van der Waals surface area contributed by atoms with Crippen molar-refractivity contribution in [2.24, 2.45) is 5.92 Å². The van der Waals surface area contributed by atoms with Crippen molar-refractivity contribution >= 4 is 0 Å². The lowest BCUT2D eigenvalue weighted by atomic mass is 9.98. The maximum absolute atomic E-state index is 9.50. The van der Waals surface area contributed by atoms with E-state index < -0.39 is 18.5 Å². The first kappa shape index (κ1) is 10.7. The van der Waals surface area contributed by atoms with Crippen molar-refractivity contribution in [3.8, 4) is 0 Å². The van der Waals surface area contributed by atoms with E-state index >= 15 is 0 Å². The van der Waals surface area contributed by atoms with Crippen LogP contribution in [0.5, 0.6) is 0 Å². The van der Waals surface area contributed by atoms with Gasteiger partial charge in [0.15, 0.2) is 6.29 Å². The molecule has 0 saturated carbocycles. The molecule has 1 aliphatic heterocycles. The quantitative estimate of drug-likeness (QED) is 0.607. The third-order valence-corrected chi connectivity index (χ3v) is 2.11. The summed E-state index contributed by atoms with van der Waals surface area (Å²) in [4.78, 5) is 0. The maximum Gasteiger partial charge on any atom is 0.186 e. The Morgan fingerprint density at radius 2 is 2.23 bits per heavy atom. The zero-order valence-corrected chi connectivity index (χ0v) is 7.72. The van der Waals surface area contributed by atoms with Gasteiger partial charge < -0.3 is 19.7 Å². The third kappa shape index (κ3) is 2.51. The predicted octanol–water partition coefficient (Wildman–Crippen LogP) is -0.0968.